The van der Waals surface area contributed by atoms with Crippen LogP contribution in [0.1, 0.15) is 0 Å². The van der Waals surface area contributed by atoms with E-state index in [4.69, 9.17) is 17.3 Å². The van der Waals surface area contributed by atoms with Crippen LogP contribution in [0.4, 0.5) is 11.8 Å². The molecule has 90 valence electrons. The molecule has 1 aromatic rings. The van der Waals surface area contributed by atoms with Crippen LogP contribution in [0.5, 0.6) is 0 Å². The third kappa shape index (κ3) is 2.32. The SMILES string of the molecule is C=C1Sc2c(nc(N)[nH]c2=O)N1C/C=C/CCl. The highest BCUT2D eigenvalue weighted by atomic mass is 35.5. The van der Waals surface area contributed by atoms with E-state index in [0.29, 0.717) is 23.1 Å². The van der Waals surface area contributed by atoms with E-state index in [1.165, 1.54) is 11.8 Å². The molecule has 1 aromatic heterocycles. The van der Waals surface area contributed by atoms with Crippen molar-refractivity contribution in [2.75, 3.05) is 23.1 Å². The molecule has 0 fully saturated rings. The van der Waals surface area contributed by atoms with Gasteiger partial charge in [-0.1, -0.05) is 30.5 Å². The van der Waals surface area contributed by atoms with Gasteiger partial charge in [-0.3, -0.25) is 9.78 Å². The van der Waals surface area contributed by atoms with Crippen molar-refractivity contribution in [2.45, 2.75) is 4.90 Å². The topological polar surface area (TPSA) is 75.0 Å². The highest BCUT2D eigenvalue weighted by Gasteiger charge is 2.27. The summed E-state index contributed by atoms with van der Waals surface area (Å²) in [5.74, 6) is 1.11. The van der Waals surface area contributed by atoms with Crippen molar-refractivity contribution in [2.24, 2.45) is 0 Å². The van der Waals surface area contributed by atoms with Gasteiger partial charge >= 0.3 is 0 Å². The summed E-state index contributed by atoms with van der Waals surface area (Å²) in [6.07, 6.45) is 3.72. The number of hydrogen-bond donors (Lipinski definition) is 2. The number of aromatic amines is 1. The molecule has 0 aromatic carbocycles. The Labute approximate surface area is 107 Å². The molecule has 0 aliphatic carbocycles. The smallest absolute Gasteiger partial charge is 0.268 e. The predicted molar refractivity (Wildman–Crippen MR) is 71.5 cm³/mol. The number of rotatable bonds is 3. The number of nitrogens with one attached hydrogen (secondary N) is 1. The van der Waals surface area contributed by atoms with Crippen LogP contribution in [-0.2, 0) is 0 Å². The minimum Gasteiger partial charge on any atom is -0.369 e. The number of allylic oxidation sites excluding steroid dienone is 1. The first-order valence-corrected chi connectivity index (χ1v) is 6.23. The zero-order chi connectivity index (χ0) is 12.4. The lowest BCUT2D eigenvalue weighted by Crippen LogP contribution is -2.21. The molecule has 0 saturated carbocycles. The number of H-pyrrole nitrogens is 1. The van der Waals surface area contributed by atoms with E-state index < -0.39 is 0 Å². The van der Waals surface area contributed by atoms with Crippen LogP contribution in [0.15, 0.2) is 33.5 Å². The van der Waals surface area contributed by atoms with Gasteiger partial charge in [0, 0.05) is 12.4 Å². The maximum atomic E-state index is 11.6. The van der Waals surface area contributed by atoms with E-state index in [-0.39, 0.29) is 11.5 Å². The molecule has 17 heavy (non-hydrogen) atoms. The van der Waals surface area contributed by atoms with E-state index in [1.54, 1.807) is 0 Å². The van der Waals surface area contributed by atoms with Gasteiger partial charge in [0.2, 0.25) is 5.95 Å². The second kappa shape index (κ2) is 4.85. The van der Waals surface area contributed by atoms with Crippen LogP contribution in [0.3, 0.4) is 0 Å². The van der Waals surface area contributed by atoms with Gasteiger partial charge < -0.3 is 10.6 Å². The molecule has 0 radical (unpaired) electrons. The number of anilines is 2. The summed E-state index contributed by atoms with van der Waals surface area (Å²) >= 11 is 6.85. The van der Waals surface area contributed by atoms with Crippen LogP contribution >= 0.6 is 23.4 Å². The molecule has 0 bridgehead atoms. The number of thioether (sulfide) groups is 1. The van der Waals surface area contributed by atoms with Gasteiger partial charge in [-0.2, -0.15) is 4.98 Å². The average Bonchev–Trinajstić information content (AvgIpc) is 2.57. The summed E-state index contributed by atoms with van der Waals surface area (Å²) in [5.41, 5.74) is 5.29. The molecular weight excluding hydrogens is 260 g/mol. The Kier molecular flexibility index (Phi) is 3.44. The van der Waals surface area contributed by atoms with Gasteiger partial charge in [0.15, 0.2) is 5.82 Å². The highest BCUT2D eigenvalue weighted by molar-refractivity contribution is 8.03. The van der Waals surface area contributed by atoms with Crippen molar-refractivity contribution in [3.05, 3.63) is 34.1 Å². The highest BCUT2D eigenvalue weighted by Crippen LogP contribution is 2.41. The molecule has 0 amide bonds. The van der Waals surface area contributed by atoms with E-state index >= 15 is 0 Å². The first-order valence-electron chi connectivity index (χ1n) is 4.88. The minimum absolute atomic E-state index is 0.107. The Bertz CT molecular complexity index is 540. The first kappa shape index (κ1) is 12.1. The molecule has 3 N–H and O–H groups in total. The Balaban J connectivity index is 2.36. The van der Waals surface area contributed by atoms with Crippen molar-refractivity contribution < 1.29 is 0 Å². The van der Waals surface area contributed by atoms with E-state index in [9.17, 15) is 4.79 Å². The van der Waals surface area contributed by atoms with Crippen LogP contribution in [0.2, 0.25) is 0 Å². The third-order valence-electron chi connectivity index (χ3n) is 2.20. The lowest BCUT2D eigenvalue weighted by atomic mass is 10.4. The summed E-state index contributed by atoms with van der Waals surface area (Å²) in [6, 6.07) is 0. The standard InChI is InChI=1S/C10H11ClN4OS/c1-6-15(5-3-2-4-11)8-7(17-6)9(16)14-10(12)13-8/h2-3H,1,4-5H2,(H3,12,13,14,16)/b3-2+. The van der Waals surface area contributed by atoms with Crippen LogP contribution < -0.4 is 16.2 Å². The zero-order valence-electron chi connectivity index (χ0n) is 8.94. The Morgan fingerprint density at radius 2 is 2.35 bits per heavy atom. The average molecular weight is 271 g/mol. The number of alkyl halides is 1. The summed E-state index contributed by atoms with van der Waals surface area (Å²) in [7, 11) is 0. The molecule has 0 atom stereocenters. The lowest BCUT2D eigenvalue weighted by Gasteiger charge is -2.15. The summed E-state index contributed by atoms with van der Waals surface area (Å²) in [4.78, 5) is 20.6. The number of aromatic nitrogens is 2. The second-order valence-corrected chi connectivity index (χ2v) is 4.73. The van der Waals surface area contributed by atoms with Gasteiger partial charge in [-0.05, 0) is 0 Å². The van der Waals surface area contributed by atoms with Crippen molar-refractivity contribution in [3.8, 4) is 0 Å². The molecule has 1 aliphatic rings. The predicted octanol–water partition coefficient (Wildman–Crippen LogP) is 1.53. The molecule has 2 heterocycles. The van der Waals surface area contributed by atoms with Crippen molar-refractivity contribution in [1.82, 2.24) is 9.97 Å². The van der Waals surface area contributed by atoms with Crippen LogP contribution in [0, 0.1) is 0 Å². The normalized spacial score (nSPS) is 14.6. The quantitative estimate of drug-likeness (QED) is 0.644. The van der Waals surface area contributed by atoms with Gasteiger partial charge in [0.1, 0.15) is 4.90 Å². The number of nitrogen functional groups attached to an aromatic ring is 1. The second-order valence-electron chi connectivity index (χ2n) is 3.34. The molecule has 7 heteroatoms. The fourth-order valence-electron chi connectivity index (χ4n) is 1.46. The molecule has 0 unspecified atom stereocenters. The van der Waals surface area contributed by atoms with E-state index in [2.05, 4.69) is 16.5 Å². The number of nitrogens with two attached hydrogens (primary N) is 1. The number of halogens is 1. The molecule has 0 saturated heterocycles. The molecule has 5 nitrogen and oxygen atoms in total. The van der Waals surface area contributed by atoms with E-state index in [1.807, 2.05) is 17.1 Å². The number of hydrogen-bond acceptors (Lipinski definition) is 5. The Morgan fingerprint density at radius 3 is 3.06 bits per heavy atom. The van der Waals surface area contributed by atoms with Gasteiger partial charge in [0.05, 0.1) is 5.03 Å². The van der Waals surface area contributed by atoms with Crippen LogP contribution in [-0.4, -0.2) is 22.4 Å². The maximum Gasteiger partial charge on any atom is 0.268 e. The zero-order valence-corrected chi connectivity index (χ0v) is 10.5. The lowest BCUT2D eigenvalue weighted by molar-refractivity contribution is 0.977. The molecule has 1 aliphatic heterocycles. The Hall–Kier alpha value is -1.40. The van der Waals surface area contributed by atoms with E-state index in [0.717, 1.165) is 5.03 Å². The maximum absolute atomic E-state index is 11.6. The van der Waals surface area contributed by atoms with Crippen molar-refractivity contribution >= 4 is 35.1 Å². The first-order chi connectivity index (χ1) is 8.13. The van der Waals surface area contributed by atoms with Crippen molar-refractivity contribution in [1.29, 1.82) is 0 Å². The Morgan fingerprint density at radius 1 is 1.59 bits per heavy atom. The monoisotopic (exact) mass is 270 g/mol. The number of fused-ring (bicyclic) bond motifs is 1. The summed E-state index contributed by atoms with van der Waals surface area (Å²) in [5, 5.41) is 0.753. The molecule has 2 rings (SSSR count). The van der Waals surface area contributed by atoms with Gasteiger partial charge in [0.25, 0.3) is 5.56 Å². The van der Waals surface area contributed by atoms with Gasteiger partial charge in [-0.25, -0.2) is 0 Å². The largest absolute Gasteiger partial charge is 0.369 e. The third-order valence-corrected chi connectivity index (χ3v) is 3.40. The van der Waals surface area contributed by atoms with Crippen LogP contribution in [0.25, 0.3) is 0 Å². The van der Waals surface area contributed by atoms with Gasteiger partial charge in [-0.15, -0.1) is 11.6 Å². The minimum atomic E-state index is -0.234. The molecule has 0 spiro atoms. The van der Waals surface area contributed by atoms with Crippen molar-refractivity contribution in [3.63, 3.8) is 0 Å². The molecular formula is C10H11ClN4OS. The number of nitrogens with zero attached hydrogens (tertiary/aromatic N) is 2. The summed E-state index contributed by atoms with van der Waals surface area (Å²) in [6.45, 7) is 4.46. The fourth-order valence-corrected chi connectivity index (χ4v) is 2.49. The summed E-state index contributed by atoms with van der Waals surface area (Å²) < 4.78 is 0. The fraction of sp³-hybridized carbons (Fsp3) is 0.200.